The summed E-state index contributed by atoms with van der Waals surface area (Å²) in [5.74, 6) is 1.64. The van der Waals surface area contributed by atoms with Gasteiger partial charge >= 0.3 is 0 Å². The third-order valence-corrected chi connectivity index (χ3v) is 4.21. The van der Waals surface area contributed by atoms with Crippen molar-refractivity contribution in [1.29, 1.82) is 5.26 Å². The van der Waals surface area contributed by atoms with Gasteiger partial charge in [-0.05, 0) is 42.9 Å². The smallest absolute Gasteiger partial charge is 0.0991 e. The lowest BCUT2D eigenvalue weighted by Gasteiger charge is -2.36. The van der Waals surface area contributed by atoms with Crippen molar-refractivity contribution >= 4 is 0 Å². The quantitative estimate of drug-likeness (QED) is 0.904. The van der Waals surface area contributed by atoms with Gasteiger partial charge in [-0.2, -0.15) is 5.26 Å². The molecule has 1 saturated heterocycles. The summed E-state index contributed by atoms with van der Waals surface area (Å²) in [7, 11) is 0. The van der Waals surface area contributed by atoms with E-state index in [0.29, 0.717) is 6.04 Å². The molecule has 114 valence electrons. The third-order valence-electron chi connectivity index (χ3n) is 4.21. The number of nitriles is 1. The average molecular weight is 285 g/mol. The van der Waals surface area contributed by atoms with E-state index in [2.05, 4.69) is 37.1 Å². The fourth-order valence-electron chi connectivity index (χ4n) is 3.38. The minimum atomic E-state index is 0.484. The molecule has 0 aliphatic carbocycles. The maximum atomic E-state index is 8.80. The van der Waals surface area contributed by atoms with E-state index in [9.17, 15) is 0 Å². The number of nitrogens with one attached hydrogen (secondary N) is 1. The van der Waals surface area contributed by atoms with Crippen molar-refractivity contribution in [2.45, 2.75) is 39.8 Å². The molecule has 21 heavy (non-hydrogen) atoms. The number of likely N-dealkylation sites (tertiary alicyclic amines) is 1. The maximum Gasteiger partial charge on any atom is 0.0991 e. The largest absolute Gasteiger partial charge is 0.309 e. The molecule has 3 unspecified atom stereocenters. The Bertz CT molecular complexity index is 464. The zero-order valence-electron chi connectivity index (χ0n) is 13.5. The molecular formula is C18H27N3. The lowest BCUT2D eigenvalue weighted by Crippen LogP contribution is -2.45. The van der Waals surface area contributed by atoms with Gasteiger partial charge in [0.25, 0.3) is 0 Å². The van der Waals surface area contributed by atoms with E-state index in [4.69, 9.17) is 5.26 Å². The lowest BCUT2D eigenvalue weighted by molar-refractivity contribution is 0.130. The van der Waals surface area contributed by atoms with Crippen molar-refractivity contribution in [3.05, 3.63) is 35.4 Å². The monoisotopic (exact) mass is 285 g/mol. The van der Waals surface area contributed by atoms with Gasteiger partial charge in [-0.1, -0.05) is 26.0 Å². The SMILES string of the molecule is CC1CC(C)CN(CC(C)NCc2ccc(C#N)cc2)C1. The van der Waals surface area contributed by atoms with Crippen molar-refractivity contribution in [3.63, 3.8) is 0 Å². The topological polar surface area (TPSA) is 39.1 Å². The first-order valence-electron chi connectivity index (χ1n) is 8.01. The molecule has 0 amide bonds. The van der Waals surface area contributed by atoms with E-state index < -0.39 is 0 Å². The van der Waals surface area contributed by atoms with Crippen LogP contribution in [-0.4, -0.2) is 30.6 Å². The highest BCUT2D eigenvalue weighted by atomic mass is 15.2. The first-order chi connectivity index (χ1) is 10.1. The molecule has 1 aliphatic rings. The van der Waals surface area contributed by atoms with E-state index in [1.54, 1.807) is 0 Å². The van der Waals surface area contributed by atoms with Gasteiger partial charge in [0.05, 0.1) is 11.6 Å². The molecule has 1 fully saturated rings. The number of hydrogen-bond donors (Lipinski definition) is 1. The second-order valence-corrected chi connectivity index (χ2v) is 6.76. The Morgan fingerprint density at radius 2 is 1.86 bits per heavy atom. The highest BCUT2D eigenvalue weighted by Gasteiger charge is 2.22. The van der Waals surface area contributed by atoms with Gasteiger partial charge in [0.1, 0.15) is 0 Å². The highest BCUT2D eigenvalue weighted by molar-refractivity contribution is 5.31. The van der Waals surface area contributed by atoms with Crippen LogP contribution in [0.1, 0.15) is 38.3 Å². The molecular weight excluding hydrogens is 258 g/mol. The van der Waals surface area contributed by atoms with Crippen molar-refractivity contribution in [2.75, 3.05) is 19.6 Å². The van der Waals surface area contributed by atoms with Crippen LogP contribution in [0.3, 0.4) is 0 Å². The standard InChI is InChI=1S/C18H27N3/c1-14-8-15(2)12-21(11-14)13-16(3)20-10-18-6-4-17(9-19)5-7-18/h4-7,14-16,20H,8,10-13H2,1-3H3. The Labute approximate surface area is 129 Å². The van der Waals surface area contributed by atoms with Gasteiger partial charge in [0.2, 0.25) is 0 Å². The van der Waals surface area contributed by atoms with Crippen LogP contribution in [0, 0.1) is 23.2 Å². The summed E-state index contributed by atoms with van der Waals surface area (Å²) in [6.45, 7) is 11.4. The predicted octanol–water partition coefficient (Wildman–Crippen LogP) is 3.01. The van der Waals surface area contributed by atoms with Gasteiger partial charge < -0.3 is 10.2 Å². The Morgan fingerprint density at radius 1 is 1.24 bits per heavy atom. The van der Waals surface area contributed by atoms with Crippen molar-refractivity contribution in [1.82, 2.24) is 10.2 Å². The zero-order chi connectivity index (χ0) is 15.2. The summed E-state index contributed by atoms with van der Waals surface area (Å²) >= 11 is 0. The second kappa shape index (κ2) is 7.59. The Balaban J connectivity index is 1.76. The molecule has 2 rings (SSSR count). The molecule has 1 aromatic carbocycles. The molecule has 0 saturated carbocycles. The van der Waals surface area contributed by atoms with E-state index in [1.807, 2.05) is 24.3 Å². The lowest BCUT2D eigenvalue weighted by atomic mass is 9.92. The van der Waals surface area contributed by atoms with E-state index in [-0.39, 0.29) is 0 Å². The van der Waals surface area contributed by atoms with E-state index >= 15 is 0 Å². The van der Waals surface area contributed by atoms with Gasteiger partial charge in [0.15, 0.2) is 0 Å². The van der Waals surface area contributed by atoms with Gasteiger partial charge in [-0.15, -0.1) is 0 Å². The van der Waals surface area contributed by atoms with Crippen molar-refractivity contribution in [2.24, 2.45) is 11.8 Å². The first kappa shape index (κ1) is 16.0. The van der Waals surface area contributed by atoms with Crippen LogP contribution < -0.4 is 5.32 Å². The summed E-state index contributed by atoms with van der Waals surface area (Å²) in [4.78, 5) is 2.59. The highest BCUT2D eigenvalue weighted by Crippen LogP contribution is 2.20. The fourth-order valence-corrected chi connectivity index (χ4v) is 3.38. The minimum Gasteiger partial charge on any atom is -0.309 e. The van der Waals surface area contributed by atoms with Crippen LogP contribution >= 0.6 is 0 Å². The number of rotatable bonds is 5. The molecule has 3 heteroatoms. The molecule has 1 aliphatic heterocycles. The second-order valence-electron chi connectivity index (χ2n) is 6.76. The molecule has 0 spiro atoms. The van der Waals surface area contributed by atoms with E-state index in [0.717, 1.165) is 30.5 Å². The fraction of sp³-hybridized carbons (Fsp3) is 0.611. The van der Waals surface area contributed by atoms with E-state index in [1.165, 1.54) is 25.1 Å². The molecule has 0 radical (unpaired) electrons. The van der Waals surface area contributed by atoms with Crippen LogP contribution in [0.15, 0.2) is 24.3 Å². The molecule has 1 aromatic rings. The van der Waals surface area contributed by atoms with Crippen LogP contribution in [0.5, 0.6) is 0 Å². The van der Waals surface area contributed by atoms with Gasteiger partial charge in [-0.3, -0.25) is 0 Å². The van der Waals surface area contributed by atoms with Crippen LogP contribution in [-0.2, 0) is 6.54 Å². The van der Waals surface area contributed by atoms with Gasteiger partial charge in [0, 0.05) is 32.2 Å². The first-order valence-corrected chi connectivity index (χ1v) is 8.01. The third kappa shape index (κ3) is 5.15. The molecule has 1 heterocycles. The molecule has 0 aromatic heterocycles. The number of piperidine rings is 1. The molecule has 3 nitrogen and oxygen atoms in total. The number of hydrogen-bond acceptors (Lipinski definition) is 3. The number of nitrogens with zero attached hydrogens (tertiary/aromatic N) is 2. The van der Waals surface area contributed by atoms with Crippen molar-refractivity contribution < 1.29 is 0 Å². The van der Waals surface area contributed by atoms with Crippen molar-refractivity contribution in [3.8, 4) is 6.07 Å². The summed E-state index contributed by atoms with van der Waals surface area (Å²) in [6.07, 6.45) is 1.36. The molecule has 0 bridgehead atoms. The molecule has 3 atom stereocenters. The summed E-state index contributed by atoms with van der Waals surface area (Å²) < 4.78 is 0. The van der Waals surface area contributed by atoms with Crippen LogP contribution in [0.4, 0.5) is 0 Å². The zero-order valence-corrected chi connectivity index (χ0v) is 13.5. The number of benzene rings is 1. The Hall–Kier alpha value is -1.37. The molecule has 1 N–H and O–H groups in total. The summed E-state index contributed by atoms with van der Waals surface area (Å²) in [6, 6.07) is 10.5. The Kier molecular flexibility index (Phi) is 5.78. The van der Waals surface area contributed by atoms with Crippen LogP contribution in [0.2, 0.25) is 0 Å². The Morgan fingerprint density at radius 3 is 2.43 bits per heavy atom. The maximum absolute atomic E-state index is 8.80. The minimum absolute atomic E-state index is 0.484. The van der Waals surface area contributed by atoms with Gasteiger partial charge in [-0.25, -0.2) is 0 Å². The average Bonchev–Trinajstić information content (AvgIpc) is 2.44. The predicted molar refractivity (Wildman–Crippen MR) is 86.8 cm³/mol. The summed E-state index contributed by atoms with van der Waals surface area (Å²) in [5, 5.41) is 12.4. The summed E-state index contributed by atoms with van der Waals surface area (Å²) in [5.41, 5.74) is 1.96. The normalized spacial score (nSPS) is 24.5. The van der Waals surface area contributed by atoms with Crippen LogP contribution in [0.25, 0.3) is 0 Å².